The van der Waals surface area contributed by atoms with E-state index < -0.39 is 120 Å². The van der Waals surface area contributed by atoms with Crippen molar-refractivity contribution in [3.63, 3.8) is 0 Å². The van der Waals surface area contributed by atoms with Gasteiger partial charge in [0.15, 0.2) is 0 Å². The van der Waals surface area contributed by atoms with Crippen molar-refractivity contribution < 1.29 is 58.1 Å². The summed E-state index contributed by atoms with van der Waals surface area (Å²) < 4.78 is 5.80. The van der Waals surface area contributed by atoms with Gasteiger partial charge in [-0.2, -0.15) is 0 Å². The first-order valence-electron chi connectivity index (χ1n) is 23.2. The lowest BCUT2D eigenvalue weighted by Crippen LogP contribution is -2.59. The highest BCUT2D eigenvalue weighted by atomic mass is 16.5. The molecule has 382 valence electrons. The molecule has 71 heavy (non-hydrogen) atoms. The average Bonchev–Trinajstić information content (AvgIpc) is 3.75. The molecule has 10 unspecified atom stereocenters. The number of aliphatic carboxylic acids is 2. The molecule has 1 aliphatic heterocycles. The number of amides is 7. The molecule has 1 fully saturated rings. The van der Waals surface area contributed by atoms with E-state index in [1.807, 2.05) is 50.3 Å². The van der Waals surface area contributed by atoms with Crippen LogP contribution in [0.5, 0.6) is 0 Å². The highest BCUT2D eigenvalue weighted by Crippen LogP contribution is 2.21. The number of allylic oxidation sites excluding steroid dienone is 2. The maximum atomic E-state index is 14.1. The van der Waals surface area contributed by atoms with Gasteiger partial charge in [0.2, 0.25) is 35.4 Å². The van der Waals surface area contributed by atoms with Gasteiger partial charge in [0.05, 0.1) is 24.0 Å². The number of aromatic nitrogens is 1. The van der Waals surface area contributed by atoms with Gasteiger partial charge in [0, 0.05) is 50.0 Å². The maximum Gasteiger partial charge on any atom is 0.327 e. The number of benzene rings is 2. The summed E-state index contributed by atoms with van der Waals surface area (Å²) in [5.41, 5.74) is 2.67. The van der Waals surface area contributed by atoms with Crippen molar-refractivity contribution in [2.24, 2.45) is 17.8 Å². The summed E-state index contributed by atoms with van der Waals surface area (Å²) in [4.78, 5) is 125. The van der Waals surface area contributed by atoms with Crippen molar-refractivity contribution in [1.82, 2.24) is 41.8 Å². The average molecular weight is 983 g/mol. The van der Waals surface area contributed by atoms with Crippen molar-refractivity contribution >= 4 is 64.2 Å². The molecule has 2 heterocycles. The summed E-state index contributed by atoms with van der Waals surface area (Å²) in [7, 11) is 2.84. The Hall–Kier alpha value is -7.61. The number of para-hydroxylation sites is 1. The predicted molar refractivity (Wildman–Crippen MR) is 263 cm³/mol. The maximum absolute atomic E-state index is 14.1. The number of nitrogens with one attached hydrogen (secondary N) is 7. The highest BCUT2D eigenvalue weighted by Gasteiger charge is 2.37. The number of ether oxygens (including phenoxy) is 1. The zero-order valence-corrected chi connectivity index (χ0v) is 41.2. The number of methoxy groups -OCH3 is 1. The molecule has 20 heteroatoms. The van der Waals surface area contributed by atoms with Crippen LogP contribution in [0.3, 0.4) is 0 Å². The number of carbonyl (C=O) groups is 9. The first-order valence-corrected chi connectivity index (χ1v) is 23.2. The molecule has 4 rings (SSSR count). The zero-order chi connectivity index (χ0) is 52.7. The van der Waals surface area contributed by atoms with Gasteiger partial charge < -0.3 is 56.7 Å². The molecule has 9 N–H and O–H groups in total. The molecule has 7 amide bonds. The lowest BCUT2D eigenvalue weighted by Gasteiger charge is -2.27. The lowest BCUT2D eigenvalue weighted by atomic mass is 9.94. The molecule has 2 aromatic carbocycles. The molecule has 1 aliphatic rings. The normalized spacial score (nSPS) is 25.4. The fourth-order valence-electron chi connectivity index (χ4n) is 7.84. The third-order valence-electron chi connectivity index (χ3n) is 12.5. The van der Waals surface area contributed by atoms with Gasteiger partial charge in [-0.05, 0) is 50.8 Å². The monoisotopic (exact) mass is 982 g/mol. The third kappa shape index (κ3) is 15.7. The predicted octanol–water partition coefficient (Wildman–Crippen LogP) is 2.26. The Bertz CT molecular complexity index is 2520. The van der Waals surface area contributed by atoms with E-state index >= 15 is 0 Å². The topological polar surface area (TPSA) is 295 Å². The van der Waals surface area contributed by atoms with Gasteiger partial charge in [-0.1, -0.05) is 99.7 Å². The largest absolute Gasteiger partial charge is 0.480 e. The van der Waals surface area contributed by atoms with E-state index in [4.69, 9.17) is 4.74 Å². The van der Waals surface area contributed by atoms with E-state index in [1.54, 1.807) is 43.6 Å². The number of H-pyrrole nitrogens is 1. The summed E-state index contributed by atoms with van der Waals surface area (Å²) in [6.45, 7) is 12.7. The molecular weight excluding hydrogens is 917 g/mol. The van der Waals surface area contributed by atoms with E-state index in [2.05, 4.69) is 43.5 Å². The van der Waals surface area contributed by atoms with Crippen LogP contribution in [0.15, 0.2) is 96.9 Å². The van der Waals surface area contributed by atoms with Crippen LogP contribution in [0.4, 0.5) is 0 Å². The molecule has 1 aromatic heterocycles. The summed E-state index contributed by atoms with van der Waals surface area (Å²) in [5, 5.41) is 36.1. The van der Waals surface area contributed by atoms with E-state index in [1.165, 1.54) is 40.8 Å². The molecular formula is C51H66N8O12. The minimum absolute atomic E-state index is 0.0974. The van der Waals surface area contributed by atoms with E-state index in [0.29, 0.717) is 22.9 Å². The molecule has 0 saturated carbocycles. The molecule has 0 spiro atoms. The van der Waals surface area contributed by atoms with Crippen LogP contribution < -0.4 is 31.9 Å². The fourth-order valence-corrected chi connectivity index (χ4v) is 7.84. The van der Waals surface area contributed by atoms with Crippen LogP contribution >= 0.6 is 0 Å². The molecule has 0 radical (unpaired) electrons. The first-order chi connectivity index (χ1) is 33.5. The third-order valence-corrected chi connectivity index (χ3v) is 12.5. The van der Waals surface area contributed by atoms with Gasteiger partial charge in [-0.3, -0.25) is 33.6 Å². The Labute approximate surface area is 412 Å². The quantitative estimate of drug-likeness (QED) is 0.0988. The van der Waals surface area contributed by atoms with Gasteiger partial charge in [0.1, 0.15) is 35.9 Å². The van der Waals surface area contributed by atoms with Crippen molar-refractivity contribution in [3.05, 3.63) is 108 Å². The number of carboxylic acid groups (broad SMARTS) is 2. The Balaban J connectivity index is 1.69. The standard InChI is InChI=1S/C51H66N8O12/c1-27(23-28(2)41(71-9)24-34-15-11-10-12-16-34)19-20-37-29(3)44(61)56-39(50(67)68)21-22-42(60)59(8)33(7)48(65)54-32(6)47(64)57-40(25-35-26-52-38-18-14-13-17-36(35)38)49(66)58-43(51(69)70)30(4)45(62)53-31(5)46(63)55-37/h10-20,23,26,28-32,37,39-41,43,52H,7,21-22,24-25H2,1-6,8-9H3,(H,53,62)(H,54,65)(H,55,63)(H,56,61)(H,57,64)(H,58,66)(H,67,68)(H,69,70). The number of hydrogen-bond acceptors (Lipinski definition) is 10. The number of hydrogen-bond donors (Lipinski definition) is 9. The second-order valence-corrected chi connectivity index (χ2v) is 17.9. The number of carboxylic acids is 2. The van der Waals surface area contributed by atoms with Gasteiger partial charge >= 0.3 is 11.9 Å². The van der Waals surface area contributed by atoms with Gasteiger partial charge in [0.25, 0.3) is 5.91 Å². The van der Waals surface area contributed by atoms with Crippen LogP contribution in [0.2, 0.25) is 0 Å². The summed E-state index contributed by atoms with van der Waals surface area (Å²) >= 11 is 0. The van der Waals surface area contributed by atoms with Crippen LogP contribution in [0, 0.1) is 17.8 Å². The summed E-state index contributed by atoms with van der Waals surface area (Å²) in [6.07, 6.45) is 6.15. The lowest BCUT2D eigenvalue weighted by molar-refractivity contribution is -0.146. The van der Waals surface area contributed by atoms with E-state index in [9.17, 15) is 53.4 Å². The molecule has 1 saturated heterocycles. The van der Waals surface area contributed by atoms with Gasteiger partial charge in [-0.25, -0.2) is 9.59 Å². The van der Waals surface area contributed by atoms with Crippen LogP contribution in [0.25, 0.3) is 10.9 Å². The van der Waals surface area contributed by atoms with Crippen molar-refractivity contribution in [1.29, 1.82) is 0 Å². The van der Waals surface area contributed by atoms with Gasteiger partial charge in [-0.15, -0.1) is 0 Å². The Kier molecular flexibility index (Phi) is 20.4. The van der Waals surface area contributed by atoms with Crippen LogP contribution in [0.1, 0.15) is 65.5 Å². The number of likely N-dealkylation sites (N-methyl/N-ethyl adjacent to an activating group) is 1. The highest BCUT2D eigenvalue weighted by molar-refractivity contribution is 6.00. The Morgan fingerprint density at radius 3 is 2.06 bits per heavy atom. The molecule has 0 aliphatic carbocycles. The minimum atomic E-state index is -1.88. The van der Waals surface area contributed by atoms with E-state index in [0.717, 1.165) is 16.0 Å². The number of carbonyl (C=O) groups excluding carboxylic acids is 7. The zero-order valence-electron chi connectivity index (χ0n) is 41.2. The number of rotatable bonds is 11. The summed E-state index contributed by atoms with van der Waals surface area (Å²) in [5.74, 6) is -12.0. The van der Waals surface area contributed by atoms with Crippen LogP contribution in [-0.4, -0.2) is 130 Å². The minimum Gasteiger partial charge on any atom is -0.480 e. The molecule has 10 atom stereocenters. The van der Waals surface area contributed by atoms with Crippen molar-refractivity contribution in [3.8, 4) is 0 Å². The Morgan fingerprint density at radius 1 is 0.789 bits per heavy atom. The number of aromatic amines is 1. The first kappa shape index (κ1) is 56.0. The van der Waals surface area contributed by atoms with E-state index in [-0.39, 0.29) is 18.4 Å². The Morgan fingerprint density at radius 2 is 1.41 bits per heavy atom. The summed E-state index contributed by atoms with van der Waals surface area (Å²) in [6, 6.07) is 8.14. The molecule has 0 bridgehead atoms. The molecule has 20 nitrogen and oxygen atoms in total. The second-order valence-electron chi connectivity index (χ2n) is 17.9. The number of fused-ring (bicyclic) bond motifs is 1. The second kappa shape index (κ2) is 25.8. The SMILES string of the molecule is C=C1C(=O)NC(C)C(=O)NC(Cc2c[nH]c3ccccc23)C(=O)NC(C(=O)O)C(C)C(=O)NC(C)C(=O)NC(C=CC(C)=CC(C)C(Cc2ccccc2)OC)C(C)C(=O)NC(C(=O)O)CCC(=O)N1C. The van der Waals surface area contributed by atoms with Crippen molar-refractivity contribution in [2.45, 2.75) is 110 Å². The fraction of sp³-hybridized carbons (Fsp3) is 0.431. The van der Waals surface area contributed by atoms with Crippen molar-refractivity contribution in [2.75, 3.05) is 14.2 Å². The number of nitrogens with zero attached hydrogens (tertiary/aromatic N) is 1. The van der Waals surface area contributed by atoms with Crippen LogP contribution in [-0.2, 0) is 60.7 Å². The molecule has 3 aromatic rings. The smallest absolute Gasteiger partial charge is 0.327 e.